The molecular weight excluding hydrogens is 408 g/mol. The highest BCUT2D eigenvalue weighted by Gasteiger charge is 2.19. The fraction of sp³-hybridized carbons (Fsp3) is 0.190. The molecule has 1 heterocycles. The maximum atomic E-state index is 12.7. The average Bonchev–Trinajstić information content (AvgIpc) is 3.31. The number of carbonyl (C=O) groups is 1. The third-order valence-electron chi connectivity index (χ3n) is 4.74. The van der Waals surface area contributed by atoms with Crippen molar-refractivity contribution in [1.82, 2.24) is 0 Å². The minimum Gasteiger partial charge on any atom is -0.495 e. The van der Waals surface area contributed by atoms with Crippen LogP contribution in [0.2, 0.25) is 0 Å². The molecule has 0 radical (unpaired) electrons. The Kier molecular flexibility index (Phi) is 5.29. The lowest BCUT2D eigenvalue weighted by molar-refractivity contribution is 0.103. The van der Waals surface area contributed by atoms with Crippen molar-refractivity contribution in [2.45, 2.75) is 24.2 Å². The zero-order chi connectivity index (χ0) is 20.4. The topological polar surface area (TPSA) is 84.5 Å². The molecule has 0 fully saturated rings. The molecule has 0 bridgehead atoms. The molecule has 2 aromatic carbocycles. The van der Waals surface area contributed by atoms with Gasteiger partial charge in [-0.25, -0.2) is 8.42 Å². The molecule has 1 aliphatic carbocycles. The van der Waals surface area contributed by atoms with Crippen molar-refractivity contribution in [1.29, 1.82) is 0 Å². The van der Waals surface area contributed by atoms with Crippen molar-refractivity contribution in [2.24, 2.45) is 0 Å². The van der Waals surface area contributed by atoms with Crippen molar-refractivity contribution >= 4 is 38.6 Å². The molecule has 6 nitrogen and oxygen atoms in total. The number of hydrogen-bond acceptors (Lipinski definition) is 5. The van der Waals surface area contributed by atoms with Crippen LogP contribution in [-0.2, 0) is 22.9 Å². The van der Waals surface area contributed by atoms with Crippen molar-refractivity contribution in [3.63, 3.8) is 0 Å². The van der Waals surface area contributed by atoms with E-state index < -0.39 is 10.0 Å². The number of nitrogens with one attached hydrogen (secondary N) is 2. The molecular formula is C21H20N2O4S2. The maximum absolute atomic E-state index is 12.7. The smallest absolute Gasteiger partial charge is 0.265 e. The number of fused-ring (bicyclic) bond motifs is 1. The Balaban J connectivity index is 1.47. The number of thiophene rings is 1. The Hall–Kier alpha value is -2.84. The van der Waals surface area contributed by atoms with E-state index in [1.807, 2.05) is 6.07 Å². The van der Waals surface area contributed by atoms with Gasteiger partial charge in [0.15, 0.2) is 0 Å². The van der Waals surface area contributed by atoms with Gasteiger partial charge in [-0.1, -0.05) is 12.1 Å². The summed E-state index contributed by atoms with van der Waals surface area (Å²) in [4.78, 5) is 14.5. The van der Waals surface area contributed by atoms with Gasteiger partial charge in [-0.2, -0.15) is 0 Å². The SMILES string of the molecule is COc1ccccc1NS(=O)(=O)c1ccc(NC(=O)c2cc3c(s2)CCC3)cc1. The van der Waals surface area contributed by atoms with Gasteiger partial charge in [0.05, 0.1) is 22.6 Å². The van der Waals surface area contributed by atoms with Crippen LogP contribution in [0.4, 0.5) is 11.4 Å². The molecule has 29 heavy (non-hydrogen) atoms. The van der Waals surface area contributed by atoms with Gasteiger partial charge in [0.2, 0.25) is 0 Å². The number of benzene rings is 2. The molecule has 1 amide bonds. The van der Waals surface area contributed by atoms with Gasteiger partial charge in [-0.3, -0.25) is 9.52 Å². The molecule has 1 aliphatic rings. The normalized spacial score (nSPS) is 13.0. The molecule has 0 spiro atoms. The molecule has 0 atom stereocenters. The van der Waals surface area contributed by atoms with Gasteiger partial charge in [-0.05, 0) is 67.3 Å². The van der Waals surface area contributed by atoms with E-state index in [2.05, 4.69) is 10.0 Å². The molecule has 150 valence electrons. The zero-order valence-corrected chi connectivity index (χ0v) is 17.4. The van der Waals surface area contributed by atoms with Crippen LogP contribution in [0.1, 0.15) is 26.5 Å². The predicted molar refractivity (Wildman–Crippen MR) is 115 cm³/mol. The Bertz CT molecular complexity index is 1130. The number of hydrogen-bond donors (Lipinski definition) is 2. The molecule has 0 saturated heterocycles. The van der Waals surface area contributed by atoms with Crippen molar-refractivity contribution in [3.05, 3.63) is 69.9 Å². The van der Waals surface area contributed by atoms with E-state index in [-0.39, 0.29) is 10.8 Å². The van der Waals surface area contributed by atoms with Crippen molar-refractivity contribution in [2.75, 3.05) is 17.1 Å². The molecule has 8 heteroatoms. The second kappa shape index (κ2) is 7.88. The van der Waals surface area contributed by atoms with Crippen LogP contribution in [0, 0.1) is 0 Å². The van der Waals surface area contributed by atoms with E-state index in [0.717, 1.165) is 19.3 Å². The molecule has 0 aliphatic heterocycles. The Morgan fingerprint density at radius 1 is 1.07 bits per heavy atom. The van der Waals surface area contributed by atoms with Gasteiger partial charge >= 0.3 is 0 Å². The van der Waals surface area contributed by atoms with Crippen LogP contribution in [0.15, 0.2) is 59.5 Å². The lowest BCUT2D eigenvalue weighted by atomic mass is 10.2. The first-order valence-electron chi connectivity index (χ1n) is 9.15. The highest BCUT2D eigenvalue weighted by molar-refractivity contribution is 7.92. The standard InChI is InChI=1S/C21H20N2O4S2/c1-27-18-7-3-2-6-17(18)23-29(25,26)16-11-9-15(10-12-16)22-21(24)20-13-14-5-4-8-19(14)28-20/h2-3,6-7,9-13,23H,4-5,8H2,1H3,(H,22,24). The molecule has 0 saturated carbocycles. The summed E-state index contributed by atoms with van der Waals surface area (Å²) in [5.74, 6) is 0.259. The van der Waals surface area contributed by atoms with Crippen molar-refractivity contribution < 1.29 is 17.9 Å². The minimum absolute atomic E-state index is 0.0940. The monoisotopic (exact) mass is 428 g/mol. The predicted octanol–water partition coefficient (Wildman–Crippen LogP) is 4.30. The van der Waals surface area contributed by atoms with Gasteiger partial charge in [0.25, 0.3) is 15.9 Å². The maximum Gasteiger partial charge on any atom is 0.265 e. The number of sulfonamides is 1. The first kappa shape index (κ1) is 19.5. The summed E-state index contributed by atoms with van der Waals surface area (Å²) in [5.41, 5.74) is 2.17. The third-order valence-corrected chi connectivity index (χ3v) is 7.36. The van der Waals surface area contributed by atoms with Crippen LogP contribution in [-0.4, -0.2) is 21.4 Å². The highest BCUT2D eigenvalue weighted by atomic mass is 32.2. The first-order chi connectivity index (χ1) is 14.0. The van der Waals surface area contributed by atoms with E-state index in [1.54, 1.807) is 36.4 Å². The summed E-state index contributed by atoms with van der Waals surface area (Å²) in [6, 6.07) is 14.8. The van der Waals surface area contributed by atoms with Crippen molar-refractivity contribution in [3.8, 4) is 5.75 Å². The van der Waals surface area contributed by atoms with Gasteiger partial charge in [-0.15, -0.1) is 11.3 Å². The lowest BCUT2D eigenvalue weighted by Gasteiger charge is -2.12. The highest BCUT2D eigenvalue weighted by Crippen LogP contribution is 2.31. The summed E-state index contributed by atoms with van der Waals surface area (Å²) in [7, 11) is -2.30. The second-order valence-electron chi connectivity index (χ2n) is 6.70. The third kappa shape index (κ3) is 4.13. The Morgan fingerprint density at radius 2 is 1.83 bits per heavy atom. The van der Waals surface area contributed by atoms with Gasteiger partial charge in [0.1, 0.15) is 5.75 Å². The molecule has 0 unspecified atom stereocenters. The Labute approximate surface area is 173 Å². The summed E-state index contributed by atoms with van der Waals surface area (Å²) in [5, 5.41) is 2.83. The number of para-hydroxylation sites is 2. The van der Waals surface area contributed by atoms with Crippen LogP contribution >= 0.6 is 11.3 Å². The minimum atomic E-state index is -3.78. The average molecular weight is 429 g/mol. The number of ether oxygens (including phenoxy) is 1. The van der Waals surface area contributed by atoms with Crippen LogP contribution in [0.25, 0.3) is 0 Å². The quantitative estimate of drug-likeness (QED) is 0.613. The van der Waals surface area contributed by atoms with E-state index >= 15 is 0 Å². The molecule has 4 rings (SSSR count). The number of anilines is 2. The van der Waals surface area contributed by atoms with Crippen LogP contribution < -0.4 is 14.8 Å². The molecule has 1 aromatic heterocycles. The summed E-state index contributed by atoms with van der Waals surface area (Å²) >= 11 is 1.53. The van der Waals surface area contributed by atoms with E-state index in [1.165, 1.54) is 41.0 Å². The summed E-state index contributed by atoms with van der Waals surface area (Å²) < 4.78 is 33.0. The number of amides is 1. The fourth-order valence-electron chi connectivity index (χ4n) is 3.28. The fourth-order valence-corrected chi connectivity index (χ4v) is 5.50. The van der Waals surface area contributed by atoms with Gasteiger partial charge < -0.3 is 10.1 Å². The van der Waals surface area contributed by atoms with Gasteiger partial charge in [0, 0.05) is 10.6 Å². The number of rotatable bonds is 6. The summed E-state index contributed by atoms with van der Waals surface area (Å²) in [6.07, 6.45) is 3.23. The lowest BCUT2D eigenvalue weighted by Crippen LogP contribution is -2.14. The Morgan fingerprint density at radius 3 is 2.55 bits per heavy atom. The largest absolute Gasteiger partial charge is 0.495 e. The van der Waals surface area contributed by atoms with E-state index in [9.17, 15) is 13.2 Å². The summed E-state index contributed by atoms with van der Waals surface area (Å²) in [6.45, 7) is 0. The van der Waals surface area contributed by atoms with E-state index in [4.69, 9.17) is 4.74 Å². The number of aryl methyl sites for hydroxylation is 2. The van der Waals surface area contributed by atoms with Crippen LogP contribution in [0.5, 0.6) is 5.75 Å². The second-order valence-corrected chi connectivity index (χ2v) is 9.52. The van der Waals surface area contributed by atoms with Crippen LogP contribution in [0.3, 0.4) is 0 Å². The molecule has 2 N–H and O–H groups in total. The zero-order valence-electron chi connectivity index (χ0n) is 15.8. The number of carbonyl (C=O) groups excluding carboxylic acids is 1. The molecule has 3 aromatic rings. The first-order valence-corrected chi connectivity index (χ1v) is 11.4. The number of methoxy groups -OCH3 is 1. The van der Waals surface area contributed by atoms with E-state index in [0.29, 0.717) is 22.0 Å².